The molecule has 0 saturated heterocycles. The number of benzene rings is 1. The van der Waals surface area contributed by atoms with Gasteiger partial charge < -0.3 is 10.3 Å². The summed E-state index contributed by atoms with van der Waals surface area (Å²) in [5.74, 6) is -0.00632. The summed E-state index contributed by atoms with van der Waals surface area (Å²) in [7, 11) is 0. The molecule has 1 atom stereocenters. The Hall–Kier alpha value is -1.49. The van der Waals surface area contributed by atoms with Gasteiger partial charge in [-0.1, -0.05) is 11.8 Å². The summed E-state index contributed by atoms with van der Waals surface area (Å²) in [6.45, 7) is 1.92. The first kappa shape index (κ1) is 9.72. The fourth-order valence-electron chi connectivity index (χ4n) is 2.00. The minimum atomic E-state index is -0.0690. The molecular formula is C11H11N3OS. The second-order valence-electron chi connectivity index (χ2n) is 3.91. The standard InChI is InChI=1S/C11H11N3OS/c1-5-6-3-8-9(14-11(13-8)16-2)4-7(6)12-10(5)15/h3-5H,1-2H3,(H,12,15)(H,13,14). The SMILES string of the molecule is CSc1nc2cc3c(cc2[nH]1)C(C)C(=O)N3. The monoisotopic (exact) mass is 233 g/mol. The number of aromatic nitrogens is 2. The predicted octanol–water partition coefficient (Wildman–Crippen LogP) is 2.34. The van der Waals surface area contributed by atoms with Gasteiger partial charge in [0.1, 0.15) is 0 Å². The van der Waals surface area contributed by atoms with Gasteiger partial charge in [-0.05, 0) is 30.9 Å². The number of nitrogens with zero attached hydrogens (tertiary/aromatic N) is 1. The van der Waals surface area contributed by atoms with Crippen molar-refractivity contribution in [1.82, 2.24) is 9.97 Å². The molecule has 16 heavy (non-hydrogen) atoms. The fourth-order valence-corrected chi connectivity index (χ4v) is 2.40. The maximum atomic E-state index is 11.5. The summed E-state index contributed by atoms with van der Waals surface area (Å²) in [6.07, 6.45) is 1.98. The third-order valence-corrected chi connectivity index (χ3v) is 3.52. The van der Waals surface area contributed by atoms with Crippen molar-refractivity contribution in [3.05, 3.63) is 17.7 Å². The number of carbonyl (C=O) groups is 1. The zero-order valence-corrected chi connectivity index (χ0v) is 9.81. The van der Waals surface area contributed by atoms with Crippen LogP contribution in [0.25, 0.3) is 11.0 Å². The highest BCUT2D eigenvalue weighted by Gasteiger charge is 2.27. The van der Waals surface area contributed by atoms with Gasteiger partial charge in [-0.3, -0.25) is 4.79 Å². The van der Waals surface area contributed by atoms with E-state index in [0.29, 0.717) is 0 Å². The Bertz CT molecular complexity index is 590. The van der Waals surface area contributed by atoms with Gasteiger partial charge in [0.25, 0.3) is 0 Å². The topological polar surface area (TPSA) is 57.8 Å². The Kier molecular flexibility index (Phi) is 1.97. The number of H-pyrrole nitrogens is 1. The van der Waals surface area contributed by atoms with Crippen LogP contribution in [-0.4, -0.2) is 22.1 Å². The van der Waals surface area contributed by atoms with Crippen LogP contribution in [0.15, 0.2) is 17.3 Å². The van der Waals surface area contributed by atoms with Crippen LogP contribution in [0.5, 0.6) is 0 Å². The number of hydrogen-bond donors (Lipinski definition) is 2. The lowest BCUT2D eigenvalue weighted by molar-refractivity contribution is -0.116. The molecule has 0 saturated carbocycles. The van der Waals surface area contributed by atoms with Crippen molar-refractivity contribution in [3.63, 3.8) is 0 Å². The largest absolute Gasteiger partial charge is 0.333 e. The van der Waals surface area contributed by atoms with Crippen molar-refractivity contribution in [1.29, 1.82) is 0 Å². The average Bonchev–Trinajstić information content (AvgIpc) is 2.79. The van der Waals surface area contributed by atoms with E-state index in [1.807, 2.05) is 25.3 Å². The summed E-state index contributed by atoms with van der Waals surface area (Å²) < 4.78 is 0. The zero-order valence-electron chi connectivity index (χ0n) is 9.00. The van der Waals surface area contributed by atoms with Crippen LogP contribution in [0.4, 0.5) is 5.69 Å². The highest BCUT2D eigenvalue weighted by Crippen LogP contribution is 2.35. The molecule has 2 aromatic rings. The van der Waals surface area contributed by atoms with Crippen LogP contribution < -0.4 is 5.32 Å². The second kappa shape index (κ2) is 3.25. The van der Waals surface area contributed by atoms with Crippen LogP contribution >= 0.6 is 11.8 Å². The molecule has 0 aliphatic carbocycles. The average molecular weight is 233 g/mol. The Morgan fingerprint density at radius 3 is 3.00 bits per heavy atom. The van der Waals surface area contributed by atoms with E-state index in [4.69, 9.17) is 0 Å². The van der Waals surface area contributed by atoms with Gasteiger partial charge in [0.05, 0.1) is 17.0 Å². The number of anilines is 1. The van der Waals surface area contributed by atoms with Crippen LogP contribution in [0.2, 0.25) is 0 Å². The Morgan fingerprint density at radius 2 is 2.25 bits per heavy atom. The molecule has 5 heteroatoms. The first-order valence-corrected chi connectivity index (χ1v) is 6.30. The van der Waals surface area contributed by atoms with Gasteiger partial charge in [0.2, 0.25) is 5.91 Å². The number of rotatable bonds is 1. The molecular weight excluding hydrogens is 222 g/mol. The summed E-state index contributed by atoms with van der Waals surface area (Å²) in [4.78, 5) is 19.1. The Balaban J connectivity index is 2.23. The number of nitrogens with one attached hydrogen (secondary N) is 2. The smallest absolute Gasteiger partial charge is 0.231 e. The van der Waals surface area contributed by atoms with Crippen molar-refractivity contribution < 1.29 is 4.79 Å². The number of carbonyl (C=O) groups excluding carboxylic acids is 1. The molecule has 1 aromatic carbocycles. The number of aromatic amines is 1. The van der Waals surface area contributed by atoms with Crippen LogP contribution in [0.3, 0.4) is 0 Å². The number of amides is 1. The van der Waals surface area contributed by atoms with E-state index in [1.165, 1.54) is 0 Å². The van der Waals surface area contributed by atoms with E-state index < -0.39 is 0 Å². The lowest BCUT2D eigenvalue weighted by Crippen LogP contribution is -2.08. The summed E-state index contributed by atoms with van der Waals surface area (Å²) in [5.41, 5.74) is 3.84. The molecule has 1 aliphatic heterocycles. The maximum Gasteiger partial charge on any atom is 0.231 e. The maximum absolute atomic E-state index is 11.5. The third kappa shape index (κ3) is 1.24. The first-order chi connectivity index (χ1) is 7.69. The lowest BCUT2D eigenvalue weighted by Gasteiger charge is -1.99. The number of hydrogen-bond acceptors (Lipinski definition) is 3. The van der Waals surface area contributed by atoms with Gasteiger partial charge in [-0.15, -0.1) is 0 Å². The molecule has 0 spiro atoms. The van der Waals surface area contributed by atoms with Gasteiger partial charge in [-0.25, -0.2) is 4.98 Å². The highest BCUT2D eigenvalue weighted by atomic mass is 32.2. The predicted molar refractivity (Wildman–Crippen MR) is 64.9 cm³/mol. The van der Waals surface area contributed by atoms with Crippen LogP contribution in [-0.2, 0) is 4.79 Å². The molecule has 1 aliphatic rings. The van der Waals surface area contributed by atoms with Crippen molar-refractivity contribution >= 4 is 34.4 Å². The summed E-state index contributed by atoms with van der Waals surface area (Å²) in [6, 6.07) is 3.95. The Labute approximate surface area is 96.8 Å². The molecule has 1 aromatic heterocycles. The van der Waals surface area contributed by atoms with E-state index in [-0.39, 0.29) is 11.8 Å². The van der Waals surface area contributed by atoms with Gasteiger partial charge in [0, 0.05) is 5.69 Å². The molecule has 0 radical (unpaired) electrons. The van der Waals surface area contributed by atoms with Crippen molar-refractivity contribution in [2.45, 2.75) is 18.0 Å². The molecule has 3 rings (SSSR count). The van der Waals surface area contributed by atoms with E-state index in [9.17, 15) is 4.79 Å². The molecule has 1 amide bonds. The summed E-state index contributed by atoms with van der Waals surface area (Å²) in [5, 5.41) is 3.77. The normalized spacial score (nSPS) is 18.9. The van der Waals surface area contributed by atoms with Crippen LogP contribution in [0, 0.1) is 0 Å². The molecule has 82 valence electrons. The van der Waals surface area contributed by atoms with Gasteiger partial charge in [-0.2, -0.15) is 0 Å². The third-order valence-electron chi connectivity index (χ3n) is 2.94. The number of fused-ring (bicyclic) bond motifs is 2. The van der Waals surface area contributed by atoms with Crippen LogP contribution in [0.1, 0.15) is 18.4 Å². The summed E-state index contributed by atoms with van der Waals surface area (Å²) >= 11 is 1.58. The first-order valence-electron chi connectivity index (χ1n) is 5.07. The van der Waals surface area contributed by atoms with E-state index in [1.54, 1.807) is 11.8 Å². The van der Waals surface area contributed by atoms with Crippen molar-refractivity contribution in [2.75, 3.05) is 11.6 Å². The van der Waals surface area contributed by atoms with Crippen molar-refractivity contribution in [2.24, 2.45) is 0 Å². The van der Waals surface area contributed by atoms with Gasteiger partial charge in [0.15, 0.2) is 5.16 Å². The molecule has 4 nitrogen and oxygen atoms in total. The second-order valence-corrected chi connectivity index (χ2v) is 4.71. The minimum absolute atomic E-state index is 0.0627. The molecule has 0 fully saturated rings. The molecule has 1 unspecified atom stereocenters. The zero-order chi connectivity index (χ0) is 11.3. The van der Waals surface area contributed by atoms with Gasteiger partial charge >= 0.3 is 0 Å². The highest BCUT2D eigenvalue weighted by molar-refractivity contribution is 7.98. The Morgan fingerprint density at radius 1 is 1.44 bits per heavy atom. The van der Waals surface area contributed by atoms with E-state index >= 15 is 0 Å². The lowest BCUT2D eigenvalue weighted by atomic mass is 10.0. The van der Waals surface area contributed by atoms with Crippen molar-refractivity contribution in [3.8, 4) is 0 Å². The minimum Gasteiger partial charge on any atom is -0.333 e. The van der Waals surface area contributed by atoms with E-state index in [2.05, 4.69) is 15.3 Å². The number of imidazole rings is 1. The number of thioether (sulfide) groups is 1. The quantitative estimate of drug-likeness (QED) is 0.743. The fraction of sp³-hybridized carbons (Fsp3) is 0.273. The molecule has 0 bridgehead atoms. The van der Waals surface area contributed by atoms with E-state index in [0.717, 1.165) is 27.4 Å². The molecule has 2 heterocycles. The molecule has 2 N–H and O–H groups in total.